The predicted molar refractivity (Wildman–Crippen MR) is 104 cm³/mol. The second-order valence-electron chi connectivity index (χ2n) is 6.14. The molecule has 0 fully saturated rings. The van der Waals surface area contributed by atoms with E-state index in [1.807, 2.05) is 24.4 Å². The number of nitrogens with zero attached hydrogens (tertiary/aromatic N) is 2. The van der Waals surface area contributed by atoms with Gasteiger partial charge in [0.05, 0.1) is 16.7 Å². The molecule has 2 aromatic heterocycles. The van der Waals surface area contributed by atoms with Crippen LogP contribution >= 0.6 is 0 Å². The highest BCUT2D eigenvalue weighted by atomic mass is 15.0. The Morgan fingerprint density at radius 1 is 0.600 bits per heavy atom. The molecule has 0 saturated heterocycles. The lowest BCUT2D eigenvalue weighted by molar-refractivity contribution is 1.18. The average molecular weight is 320 g/mol. The van der Waals surface area contributed by atoms with Gasteiger partial charge in [-0.3, -0.25) is 4.98 Å². The van der Waals surface area contributed by atoms with Crippen LogP contribution in [0.1, 0.15) is 0 Å². The van der Waals surface area contributed by atoms with Crippen molar-refractivity contribution < 1.29 is 0 Å². The molecular formula is C23H16N2. The first-order valence-corrected chi connectivity index (χ1v) is 8.42. The average Bonchev–Trinajstić information content (AvgIpc) is 3.03. The number of rotatable bonds is 2. The van der Waals surface area contributed by atoms with Crippen LogP contribution in [0.15, 0.2) is 97.2 Å². The fourth-order valence-corrected chi connectivity index (χ4v) is 3.54. The molecule has 0 saturated carbocycles. The van der Waals surface area contributed by atoms with Crippen molar-refractivity contribution in [3.05, 3.63) is 97.2 Å². The Hall–Kier alpha value is -3.39. The largest absolute Gasteiger partial charge is 0.309 e. The summed E-state index contributed by atoms with van der Waals surface area (Å²) in [4.78, 5) is 4.49. The van der Waals surface area contributed by atoms with Crippen LogP contribution in [-0.2, 0) is 0 Å². The van der Waals surface area contributed by atoms with Gasteiger partial charge in [-0.15, -0.1) is 0 Å². The van der Waals surface area contributed by atoms with E-state index in [-0.39, 0.29) is 0 Å². The molecule has 0 aliphatic heterocycles. The third-order valence-electron chi connectivity index (χ3n) is 4.65. The number of para-hydroxylation sites is 2. The maximum Gasteiger partial charge on any atom is 0.0702 e. The van der Waals surface area contributed by atoms with Crippen LogP contribution in [0.3, 0.4) is 0 Å². The fourth-order valence-electron chi connectivity index (χ4n) is 3.54. The van der Waals surface area contributed by atoms with Gasteiger partial charge in [0.2, 0.25) is 0 Å². The van der Waals surface area contributed by atoms with Crippen molar-refractivity contribution in [1.29, 1.82) is 0 Å². The van der Waals surface area contributed by atoms with E-state index >= 15 is 0 Å². The summed E-state index contributed by atoms with van der Waals surface area (Å²) in [5, 5.41) is 2.56. The molecule has 0 bridgehead atoms. The number of hydrogen-bond donors (Lipinski definition) is 0. The summed E-state index contributed by atoms with van der Waals surface area (Å²) in [6.45, 7) is 0. The number of benzene rings is 3. The molecule has 25 heavy (non-hydrogen) atoms. The van der Waals surface area contributed by atoms with Crippen molar-refractivity contribution in [3.63, 3.8) is 0 Å². The molecule has 0 unspecified atom stereocenters. The van der Waals surface area contributed by atoms with Gasteiger partial charge in [-0.2, -0.15) is 0 Å². The predicted octanol–water partition coefficient (Wildman–Crippen LogP) is 5.85. The molecule has 0 N–H and O–H groups in total. The van der Waals surface area contributed by atoms with E-state index in [0.717, 1.165) is 16.9 Å². The van der Waals surface area contributed by atoms with E-state index in [4.69, 9.17) is 0 Å². The zero-order valence-corrected chi connectivity index (χ0v) is 13.6. The first-order chi connectivity index (χ1) is 12.4. The first kappa shape index (κ1) is 14.0. The van der Waals surface area contributed by atoms with E-state index in [0.29, 0.717) is 0 Å². The summed E-state index contributed by atoms with van der Waals surface area (Å²) in [5.41, 5.74) is 5.72. The van der Waals surface area contributed by atoms with Crippen LogP contribution in [0.4, 0.5) is 0 Å². The summed E-state index contributed by atoms with van der Waals surface area (Å²) in [5.74, 6) is 0. The molecule has 2 nitrogen and oxygen atoms in total. The Labute approximate surface area is 146 Å². The fraction of sp³-hybridized carbons (Fsp3) is 0. The standard InChI is InChI=1S/C23H16N2/c1-3-13-22-19(10-1)20-11-2-4-14-23(20)25(22)18-9-7-8-17(16-18)21-12-5-6-15-24-21/h1-16H. The Morgan fingerprint density at radius 2 is 1.28 bits per heavy atom. The van der Waals surface area contributed by atoms with E-state index in [9.17, 15) is 0 Å². The van der Waals surface area contributed by atoms with Crippen molar-refractivity contribution in [2.24, 2.45) is 0 Å². The van der Waals surface area contributed by atoms with Crippen molar-refractivity contribution in [2.75, 3.05) is 0 Å². The van der Waals surface area contributed by atoms with Gasteiger partial charge in [-0.25, -0.2) is 0 Å². The van der Waals surface area contributed by atoms with Crippen molar-refractivity contribution in [3.8, 4) is 16.9 Å². The van der Waals surface area contributed by atoms with Gasteiger partial charge in [-0.1, -0.05) is 54.6 Å². The zero-order valence-electron chi connectivity index (χ0n) is 13.6. The highest BCUT2D eigenvalue weighted by molar-refractivity contribution is 6.09. The second-order valence-corrected chi connectivity index (χ2v) is 6.14. The third-order valence-corrected chi connectivity index (χ3v) is 4.65. The molecule has 5 rings (SSSR count). The SMILES string of the molecule is c1ccc(-c2cccc(-n3c4ccccc4c4ccccc43)c2)nc1. The molecule has 0 aliphatic carbocycles. The molecule has 0 amide bonds. The summed E-state index contributed by atoms with van der Waals surface area (Å²) in [7, 11) is 0. The van der Waals surface area contributed by atoms with Crippen LogP contribution in [0.2, 0.25) is 0 Å². The number of aromatic nitrogens is 2. The second kappa shape index (κ2) is 5.60. The summed E-state index contributed by atoms with van der Waals surface area (Å²) in [6.07, 6.45) is 1.84. The van der Waals surface area contributed by atoms with Gasteiger partial charge in [0.15, 0.2) is 0 Å². The first-order valence-electron chi connectivity index (χ1n) is 8.42. The quantitative estimate of drug-likeness (QED) is 0.399. The van der Waals surface area contributed by atoms with Gasteiger partial charge < -0.3 is 4.57 Å². The van der Waals surface area contributed by atoms with Gasteiger partial charge in [0, 0.05) is 28.2 Å². The van der Waals surface area contributed by atoms with E-state index in [1.54, 1.807) is 0 Å². The van der Waals surface area contributed by atoms with E-state index in [2.05, 4.69) is 82.3 Å². The lowest BCUT2D eigenvalue weighted by Gasteiger charge is -2.09. The maximum atomic E-state index is 4.49. The number of fused-ring (bicyclic) bond motifs is 3. The molecule has 0 aliphatic rings. The molecule has 0 atom stereocenters. The molecular weight excluding hydrogens is 304 g/mol. The molecule has 5 aromatic rings. The molecule has 2 heteroatoms. The van der Waals surface area contributed by atoms with Crippen LogP contribution in [0.5, 0.6) is 0 Å². The smallest absolute Gasteiger partial charge is 0.0702 e. The lowest BCUT2D eigenvalue weighted by Crippen LogP contribution is -1.94. The Balaban J connectivity index is 1.81. The monoisotopic (exact) mass is 320 g/mol. The molecule has 0 spiro atoms. The van der Waals surface area contributed by atoms with Crippen LogP contribution in [0.25, 0.3) is 38.8 Å². The maximum absolute atomic E-state index is 4.49. The Bertz CT molecular complexity index is 1130. The number of pyridine rings is 1. The van der Waals surface area contributed by atoms with Crippen molar-refractivity contribution >= 4 is 21.8 Å². The topological polar surface area (TPSA) is 17.8 Å². The molecule has 0 radical (unpaired) electrons. The zero-order chi connectivity index (χ0) is 16.6. The van der Waals surface area contributed by atoms with Crippen molar-refractivity contribution in [2.45, 2.75) is 0 Å². The highest BCUT2D eigenvalue weighted by Gasteiger charge is 2.11. The molecule has 118 valence electrons. The minimum Gasteiger partial charge on any atom is -0.309 e. The molecule has 3 aromatic carbocycles. The van der Waals surface area contributed by atoms with Gasteiger partial charge in [0.1, 0.15) is 0 Å². The lowest BCUT2D eigenvalue weighted by atomic mass is 10.1. The molecule has 2 heterocycles. The minimum atomic E-state index is 0.991. The van der Waals surface area contributed by atoms with Crippen LogP contribution in [-0.4, -0.2) is 9.55 Å². The number of hydrogen-bond acceptors (Lipinski definition) is 1. The van der Waals surface area contributed by atoms with Gasteiger partial charge >= 0.3 is 0 Å². The minimum absolute atomic E-state index is 0.991. The normalized spacial score (nSPS) is 11.2. The van der Waals surface area contributed by atoms with Crippen LogP contribution in [0, 0.1) is 0 Å². The highest BCUT2D eigenvalue weighted by Crippen LogP contribution is 2.32. The van der Waals surface area contributed by atoms with Gasteiger partial charge in [0.25, 0.3) is 0 Å². The third kappa shape index (κ3) is 2.23. The van der Waals surface area contributed by atoms with Crippen LogP contribution < -0.4 is 0 Å². The summed E-state index contributed by atoms with van der Waals surface area (Å²) in [6, 6.07) is 31.7. The Kier molecular flexibility index (Phi) is 3.14. The van der Waals surface area contributed by atoms with Crippen molar-refractivity contribution in [1.82, 2.24) is 9.55 Å². The van der Waals surface area contributed by atoms with Gasteiger partial charge in [-0.05, 0) is 36.4 Å². The van der Waals surface area contributed by atoms with E-state index in [1.165, 1.54) is 21.8 Å². The Morgan fingerprint density at radius 3 is 1.96 bits per heavy atom. The summed E-state index contributed by atoms with van der Waals surface area (Å²) < 4.78 is 2.33. The summed E-state index contributed by atoms with van der Waals surface area (Å²) >= 11 is 0. The van der Waals surface area contributed by atoms with E-state index < -0.39 is 0 Å².